The van der Waals surface area contributed by atoms with Crippen molar-refractivity contribution in [3.05, 3.63) is 60.2 Å². The second kappa shape index (κ2) is 8.10. The van der Waals surface area contributed by atoms with Crippen LogP contribution in [0.5, 0.6) is 11.5 Å². The van der Waals surface area contributed by atoms with Crippen LogP contribution in [0.2, 0.25) is 0 Å². The summed E-state index contributed by atoms with van der Waals surface area (Å²) in [6.07, 6.45) is 1.15. The van der Waals surface area contributed by atoms with Gasteiger partial charge in [-0.2, -0.15) is 0 Å². The zero-order valence-corrected chi connectivity index (χ0v) is 12.9. The molecule has 0 aliphatic heterocycles. The smallest absolute Gasteiger partial charge is 0.328 e. The van der Waals surface area contributed by atoms with Crippen molar-refractivity contribution >= 4 is 11.9 Å². The lowest BCUT2D eigenvalue weighted by Gasteiger charge is -2.13. The van der Waals surface area contributed by atoms with E-state index < -0.39 is 18.0 Å². The fraction of sp³-hybridized carbons (Fsp3) is 0.222. The molecule has 2 aromatic rings. The molecule has 0 saturated carbocycles. The van der Waals surface area contributed by atoms with Crippen molar-refractivity contribution in [1.29, 1.82) is 0 Å². The number of nitrogens with two attached hydrogens (primary N) is 1. The van der Waals surface area contributed by atoms with Crippen molar-refractivity contribution in [1.82, 2.24) is 0 Å². The molecule has 1 unspecified atom stereocenters. The van der Waals surface area contributed by atoms with Gasteiger partial charge in [0.1, 0.15) is 6.04 Å². The monoisotopic (exact) mass is 313 g/mol. The molecule has 0 radical (unpaired) electrons. The summed E-state index contributed by atoms with van der Waals surface area (Å²) in [7, 11) is 0. The molecule has 0 aliphatic rings. The van der Waals surface area contributed by atoms with E-state index in [2.05, 4.69) is 0 Å². The van der Waals surface area contributed by atoms with Gasteiger partial charge >= 0.3 is 11.9 Å². The Hall–Kier alpha value is -2.66. The van der Waals surface area contributed by atoms with Crippen LogP contribution in [0.1, 0.15) is 18.9 Å². The summed E-state index contributed by atoms with van der Waals surface area (Å²) in [5.74, 6) is -0.658. The standard InChI is InChI=1S/C18H19NO4/c1-13(20)22-16-9-5-6-10-17(16)23-18(21)15(19)12-11-14-7-3-2-4-8-14/h2-10,15H,11-12,19H2,1H3. The molecule has 0 saturated heterocycles. The average molecular weight is 313 g/mol. The number of ether oxygens (including phenoxy) is 2. The number of carbonyl (C=O) groups excluding carboxylic acids is 2. The van der Waals surface area contributed by atoms with Crippen LogP contribution in [0.3, 0.4) is 0 Å². The molecule has 120 valence electrons. The molecule has 0 aromatic heterocycles. The van der Waals surface area contributed by atoms with Crippen LogP contribution in [0.25, 0.3) is 0 Å². The van der Waals surface area contributed by atoms with E-state index in [-0.39, 0.29) is 11.5 Å². The van der Waals surface area contributed by atoms with Gasteiger partial charge in [-0.25, -0.2) is 4.79 Å². The van der Waals surface area contributed by atoms with Gasteiger partial charge in [0.25, 0.3) is 0 Å². The maximum absolute atomic E-state index is 12.1. The van der Waals surface area contributed by atoms with E-state index in [9.17, 15) is 9.59 Å². The Morgan fingerprint density at radius 3 is 2.13 bits per heavy atom. The van der Waals surface area contributed by atoms with Gasteiger partial charge in [0.05, 0.1) is 0 Å². The Morgan fingerprint density at radius 2 is 1.52 bits per heavy atom. The second-order valence-electron chi connectivity index (χ2n) is 5.09. The number of hydrogen-bond acceptors (Lipinski definition) is 5. The summed E-state index contributed by atoms with van der Waals surface area (Å²) in [5.41, 5.74) is 6.99. The van der Waals surface area contributed by atoms with Gasteiger partial charge in [-0.1, -0.05) is 42.5 Å². The van der Waals surface area contributed by atoms with Crippen molar-refractivity contribution in [3.63, 3.8) is 0 Å². The Morgan fingerprint density at radius 1 is 0.957 bits per heavy atom. The molecule has 5 heteroatoms. The largest absolute Gasteiger partial charge is 0.423 e. The van der Waals surface area contributed by atoms with Gasteiger partial charge in [0.2, 0.25) is 0 Å². The number of para-hydroxylation sites is 2. The molecule has 0 aliphatic carbocycles. The Labute approximate surface area is 135 Å². The van der Waals surface area contributed by atoms with Crippen LogP contribution in [0, 0.1) is 0 Å². The topological polar surface area (TPSA) is 78.6 Å². The Bertz CT molecular complexity index is 670. The first-order valence-electron chi connectivity index (χ1n) is 7.35. The van der Waals surface area contributed by atoms with Gasteiger partial charge in [0, 0.05) is 6.92 Å². The fourth-order valence-corrected chi connectivity index (χ4v) is 2.04. The number of aryl methyl sites for hydroxylation is 1. The molecule has 0 bridgehead atoms. The van der Waals surface area contributed by atoms with E-state index in [1.165, 1.54) is 6.92 Å². The highest BCUT2D eigenvalue weighted by atomic mass is 16.6. The number of benzene rings is 2. The zero-order chi connectivity index (χ0) is 16.7. The van der Waals surface area contributed by atoms with Crippen LogP contribution in [-0.4, -0.2) is 18.0 Å². The van der Waals surface area contributed by atoms with Crippen LogP contribution in [-0.2, 0) is 16.0 Å². The first-order valence-corrected chi connectivity index (χ1v) is 7.35. The predicted octanol–water partition coefficient (Wildman–Crippen LogP) is 2.48. The van der Waals surface area contributed by atoms with Gasteiger partial charge in [-0.15, -0.1) is 0 Å². The van der Waals surface area contributed by atoms with E-state index in [0.29, 0.717) is 12.8 Å². The quantitative estimate of drug-likeness (QED) is 0.655. The lowest BCUT2D eigenvalue weighted by Crippen LogP contribution is -2.34. The van der Waals surface area contributed by atoms with E-state index in [4.69, 9.17) is 15.2 Å². The summed E-state index contributed by atoms with van der Waals surface area (Å²) >= 11 is 0. The molecule has 2 aromatic carbocycles. The fourth-order valence-electron chi connectivity index (χ4n) is 2.04. The van der Waals surface area contributed by atoms with E-state index >= 15 is 0 Å². The summed E-state index contributed by atoms with van der Waals surface area (Å²) in [6, 6.07) is 15.5. The van der Waals surface area contributed by atoms with E-state index in [1.807, 2.05) is 30.3 Å². The van der Waals surface area contributed by atoms with Gasteiger partial charge < -0.3 is 15.2 Å². The molecular formula is C18H19NO4. The normalized spacial score (nSPS) is 11.6. The first-order chi connectivity index (χ1) is 11.1. The molecule has 0 amide bonds. The van der Waals surface area contributed by atoms with Gasteiger partial charge in [-0.05, 0) is 30.5 Å². The zero-order valence-electron chi connectivity index (χ0n) is 12.9. The third-order valence-corrected chi connectivity index (χ3v) is 3.20. The lowest BCUT2D eigenvalue weighted by molar-refractivity contribution is -0.137. The summed E-state index contributed by atoms with van der Waals surface area (Å²) < 4.78 is 10.3. The summed E-state index contributed by atoms with van der Waals surface area (Å²) in [4.78, 5) is 23.1. The number of rotatable bonds is 6. The Kier molecular flexibility index (Phi) is 5.88. The predicted molar refractivity (Wildman–Crippen MR) is 86.1 cm³/mol. The van der Waals surface area contributed by atoms with E-state index in [0.717, 1.165) is 5.56 Å². The molecule has 0 heterocycles. The Balaban J connectivity index is 1.94. The highest BCUT2D eigenvalue weighted by Gasteiger charge is 2.18. The lowest BCUT2D eigenvalue weighted by atomic mass is 10.1. The number of hydrogen-bond donors (Lipinski definition) is 1. The maximum Gasteiger partial charge on any atom is 0.328 e. The second-order valence-corrected chi connectivity index (χ2v) is 5.09. The van der Waals surface area contributed by atoms with Gasteiger partial charge in [0.15, 0.2) is 11.5 Å². The van der Waals surface area contributed by atoms with Crippen LogP contribution in [0.15, 0.2) is 54.6 Å². The molecule has 0 spiro atoms. The molecule has 0 fully saturated rings. The molecule has 23 heavy (non-hydrogen) atoms. The van der Waals surface area contributed by atoms with Crippen molar-refractivity contribution in [2.75, 3.05) is 0 Å². The summed E-state index contributed by atoms with van der Waals surface area (Å²) in [5, 5.41) is 0. The highest BCUT2D eigenvalue weighted by Crippen LogP contribution is 2.27. The molecule has 2 rings (SSSR count). The number of esters is 2. The van der Waals surface area contributed by atoms with Crippen molar-refractivity contribution in [3.8, 4) is 11.5 Å². The molecule has 2 N–H and O–H groups in total. The average Bonchev–Trinajstić information content (AvgIpc) is 2.55. The molecule has 5 nitrogen and oxygen atoms in total. The minimum Gasteiger partial charge on any atom is -0.423 e. The van der Waals surface area contributed by atoms with Crippen LogP contribution < -0.4 is 15.2 Å². The maximum atomic E-state index is 12.1. The SMILES string of the molecule is CC(=O)Oc1ccccc1OC(=O)C(N)CCc1ccccc1. The third-order valence-electron chi connectivity index (χ3n) is 3.20. The van der Waals surface area contributed by atoms with Crippen LogP contribution in [0.4, 0.5) is 0 Å². The minimum atomic E-state index is -0.749. The van der Waals surface area contributed by atoms with Crippen molar-refractivity contribution < 1.29 is 19.1 Å². The molecular weight excluding hydrogens is 294 g/mol. The molecule has 1 atom stereocenters. The van der Waals surface area contributed by atoms with Crippen molar-refractivity contribution in [2.24, 2.45) is 5.73 Å². The van der Waals surface area contributed by atoms with Gasteiger partial charge in [-0.3, -0.25) is 4.79 Å². The summed E-state index contributed by atoms with van der Waals surface area (Å²) in [6.45, 7) is 1.28. The first kappa shape index (κ1) is 16.7. The minimum absolute atomic E-state index is 0.183. The third kappa shape index (κ3) is 5.23. The van der Waals surface area contributed by atoms with Crippen molar-refractivity contribution in [2.45, 2.75) is 25.8 Å². The number of carbonyl (C=O) groups is 2. The van der Waals surface area contributed by atoms with E-state index in [1.54, 1.807) is 24.3 Å². The highest BCUT2D eigenvalue weighted by molar-refractivity contribution is 5.79. The van der Waals surface area contributed by atoms with Crippen LogP contribution >= 0.6 is 0 Å².